The topological polar surface area (TPSA) is 105 Å². The molecule has 8 heteroatoms. The molecule has 1 saturated heterocycles. The molecule has 0 saturated carbocycles. The second kappa shape index (κ2) is 6.14. The molecule has 0 radical (unpaired) electrons. The standard InChI is InChI=1S/C8H15NO6S/c10-8(6-16(11,12)13)9-2-1-3-14-4-7-5-15-7/h7H,1-6H2,(H,9,10)(H,11,12,13). The Hall–Kier alpha value is -0.700. The summed E-state index contributed by atoms with van der Waals surface area (Å²) >= 11 is 0. The van der Waals surface area contributed by atoms with Crippen LogP contribution < -0.4 is 5.32 Å². The van der Waals surface area contributed by atoms with Crippen LogP contribution in [0.1, 0.15) is 6.42 Å². The van der Waals surface area contributed by atoms with Crippen LogP contribution in [0.25, 0.3) is 0 Å². The molecule has 1 aliphatic rings. The van der Waals surface area contributed by atoms with Gasteiger partial charge in [-0.25, -0.2) is 0 Å². The molecule has 1 rings (SSSR count). The van der Waals surface area contributed by atoms with E-state index in [1.807, 2.05) is 0 Å². The van der Waals surface area contributed by atoms with Gasteiger partial charge in [-0.15, -0.1) is 0 Å². The first-order valence-electron chi connectivity index (χ1n) is 4.88. The molecule has 0 bridgehead atoms. The number of hydrogen-bond acceptors (Lipinski definition) is 5. The predicted octanol–water partition coefficient (Wildman–Crippen LogP) is -1.20. The molecule has 1 unspecified atom stereocenters. The van der Waals surface area contributed by atoms with Gasteiger partial charge in [0.1, 0.15) is 6.10 Å². The molecule has 0 aromatic heterocycles. The molecular weight excluding hydrogens is 238 g/mol. The van der Waals surface area contributed by atoms with Crippen LogP contribution in [0.15, 0.2) is 0 Å². The van der Waals surface area contributed by atoms with Gasteiger partial charge in [0.25, 0.3) is 10.1 Å². The van der Waals surface area contributed by atoms with E-state index in [0.29, 0.717) is 26.2 Å². The fourth-order valence-electron chi connectivity index (χ4n) is 0.998. The Balaban J connectivity index is 1.91. The average molecular weight is 253 g/mol. The molecule has 1 aliphatic heterocycles. The van der Waals surface area contributed by atoms with Crippen molar-refractivity contribution in [2.75, 3.05) is 32.1 Å². The van der Waals surface area contributed by atoms with E-state index < -0.39 is 21.8 Å². The summed E-state index contributed by atoms with van der Waals surface area (Å²) in [7, 11) is -4.23. The van der Waals surface area contributed by atoms with Gasteiger partial charge in [0.15, 0.2) is 5.75 Å². The Morgan fingerprint density at radius 1 is 1.56 bits per heavy atom. The minimum atomic E-state index is -4.23. The first-order valence-corrected chi connectivity index (χ1v) is 6.49. The van der Waals surface area contributed by atoms with Crippen molar-refractivity contribution in [2.24, 2.45) is 0 Å². The largest absolute Gasteiger partial charge is 0.379 e. The third-order valence-corrected chi connectivity index (χ3v) is 2.43. The molecule has 1 amide bonds. The van der Waals surface area contributed by atoms with E-state index in [2.05, 4.69) is 5.32 Å². The van der Waals surface area contributed by atoms with Crippen molar-refractivity contribution in [1.29, 1.82) is 0 Å². The van der Waals surface area contributed by atoms with Crippen molar-refractivity contribution >= 4 is 16.0 Å². The van der Waals surface area contributed by atoms with Crippen LogP contribution in [0.4, 0.5) is 0 Å². The second-order valence-corrected chi connectivity index (χ2v) is 4.91. The normalized spacial score (nSPS) is 19.4. The number of rotatable bonds is 8. The fraction of sp³-hybridized carbons (Fsp3) is 0.875. The van der Waals surface area contributed by atoms with Crippen molar-refractivity contribution < 1.29 is 27.2 Å². The summed E-state index contributed by atoms with van der Waals surface area (Å²) in [6.45, 7) is 2.09. The smallest absolute Gasteiger partial charge is 0.274 e. The van der Waals surface area contributed by atoms with Crippen LogP contribution in [0, 0.1) is 0 Å². The zero-order chi connectivity index (χ0) is 12.0. The lowest BCUT2D eigenvalue weighted by Gasteiger charge is -2.04. The number of carbonyl (C=O) groups is 1. The molecule has 1 fully saturated rings. The minimum absolute atomic E-state index is 0.217. The SMILES string of the molecule is O=C(CS(=O)(=O)O)NCCCOCC1CO1. The van der Waals surface area contributed by atoms with Crippen molar-refractivity contribution in [3.63, 3.8) is 0 Å². The molecule has 2 N–H and O–H groups in total. The summed E-state index contributed by atoms with van der Waals surface area (Å²) in [5.74, 6) is -1.61. The van der Waals surface area contributed by atoms with Crippen LogP contribution in [-0.4, -0.2) is 57.1 Å². The van der Waals surface area contributed by atoms with Gasteiger partial charge in [0.05, 0.1) is 13.2 Å². The summed E-state index contributed by atoms with van der Waals surface area (Å²) in [6, 6.07) is 0. The molecular formula is C8H15NO6S. The average Bonchev–Trinajstić information content (AvgIpc) is 2.91. The Labute approximate surface area is 93.9 Å². The third-order valence-electron chi connectivity index (χ3n) is 1.81. The summed E-state index contributed by atoms with van der Waals surface area (Å²) < 4.78 is 39.1. The van der Waals surface area contributed by atoms with Crippen molar-refractivity contribution in [3.05, 3.63) is 0 Å². The molecule has 0 aromatic rings. The lowest BCUT2D eigenvalue weighted by molar-refractivity contribution is -0.118. The van der Waals surface area contributed by atoms with Gasteiger partial charge < -0.3 is 14.8 Å². The lowest BCUT2D eigenvalue weighted by Crippen LogP contribution is -2.31. The number of nitrogens with one attached hydrogen (secondary N) is 1. The molecule has 0 spiro atoms. The summed E-state index contributed by atoms with van der Waals surface area (Å²) in [5.41, 5.74) is 0. The van der Waals surface area contributed by atoms with Gasteiger partial charge in [-0.05, 0) is 6.42 Å². The van der Waals surface area contributed by atoms with Gasteiger partial charge >= 0.3 is 0 Å². The first-order chi connectivity index (χ1) is 7.47. The van der Waals surface area contributed by atoms with Crippen molar-refractivity contribution in [1.82, 2.24) is 5.32 Å². The van der Waals surface area contributed by atoms with E-state index in [4.69, 9.17) is 14.0 Å². The highest BCUT2D eigenvalue weighted by molar-refractivity contribution is 7.86. The predicted molar refractivity (Wildman–Crippen MR) is 54.6 cm³/mol. The summed E-state index contributed by atoms with van der Waals surface area (Å²) in [4.78, 5) is 10.9. The zero-order valence-electron chi connectivity index (χ0n) is 8.72. The Kier molecular flexibility index (Phi) is 5.13. The Bertz CT molecular complexity index is 323. The molecule has 16 heavy (non-hydrogen) atoms. The number of epoxide rings is 1. The maximum absolute atomic E-state index is 10.9. The van der Waals surface area contributed by atoms with Gasteiger partial charge in [-0.2, -0.15) is 8.42 Å². The van der Waals surface area contributed by atoms with Crippen molar-refractivity contribution in [2.45, 2.75) is 12.5 Å². The van der Waals surface area contributed by atoms with Crippen LogP contribution in [0.3, 0.4) is 0 Å². The van der Waals surface area contributed by atoms with Crippen LogP contribution >= 0.6 is 0 Å². The molecule has 1 atom stereocenters. The fourth-order valence-corrected chi connectivity index (χ4v) is 1.43. The van der Waals surface area contributed by atoms with Crippen molar-refractivity contribution in [3.8, 4) is 0 Å². The number of ether oxygens (including phenoxy) is 2. The molecule has 7 nitrogen and oxygen atoms in total. The van der Waals surface area contributed by atoms with Crippen LogP contribution in [-0.2, 0) is 24.4 Å². The highest BCUT2D eigenvalue weighted by Gasteiger charge is 2.21. The van der Waals surface area contributed by atoms with E-state index in [1.165, 1.54) is 0 Å². The molecule has 1 heterocycles. The maximum Gasteiger partial charge on any atom is 0.274 e. The van der Waals surface area contributed by atoms with E-state index in [0.717, 1.165) is 6.61 Å². The number of amides is 1. The van der Waals surface area contributed by atoms with E-state index in [-0.39, 0.29) is 6.10 Å². The maximum atomic E-state index is 10.9. The second-order valence-electron chi connectivity index (χ2n) is 3.46. The summed E-state index contributed by atoms with van der Waals surface area (Å²) in [5, 5.41) is 2.35. The number of hydrogen-bond donors (Lipinski definition) is 2. The quantitative estimate of drug-likeness (QED) is 0.320. The van der Waals surface area contributed by atoms with E-state index >= 15 is 0 Å². The Morgan fingerprint density at radius 3 is 2.81 bits per heavy atom. The highest BCUT2D eigenvalue weighted by Crippen LogP contribution is 2.08. The van der Waals surface area contributed by atoms with Gasteiger partial charge in [-0.3, -0.25) is 9.35 Å². The lowest BCUT2D eigenvalue weighted by atomic mass is 10.4. The van der Waals surface area contributed by atoms with E-state index in [9.17, 15) is 13.2 Å². The van der Waals surface area contributed by atoms with Gasteiger partial charge in [0.2, 0.25) is 5.91 Å². The Morgan fingerprint density at radius 2 is 2.25 bits per heavy atom. The molecule has 0 aromatic carbocycles. The third kappa shape index (κ3) is 7.57. The summed E-state index contributed by atoms with van der Waals surface area (Å²) in [6.07, 6.45) is 0.804. The van der Waals surface area contributed by atoms with Crippen LogP contribution in [0.5, 0.6) is 0 Å². The highest BCUT2D eigenvalue weighted by atomic mass is 32.2. The van der Waals surface area contributed by atoms with Gasteiger partial charge in [0, 0.05) is 13.2 Å². The number of carbonyl (C=O) groups excluding carboxylic acids is 1. The monoisotopic (exact) mass is 253 g/mol. The molecule has 0 aliphatic carbocycles. The van der Waals surface area contributed by atoms with E-state index in [1.54, 1.807) is 0 Å². The minimum Gasteiger partial charge on any atom is -0.379 e. The molecule has 94 valence electrons. The van der Waals surface area contributed by atoms with Gasteiger partial charge in [-0.1, -0.05) is 0 Å². The van der Waals surface area contributed by atoms with Crippen LogP contribution in [0.2, 0.25) is 0 Å². The zero-order valence-corrected chi connectivity index (χ0v) is 9.53. The first kappa shape index (κ1) is 13.4.